The lowest BCUT2D eigenvalue weighted by molar-refractivity contribution is -0.123. The molecule has 0 saturated heterocycles. The minimum atomic E-state index is 0.0758. The van der Waals surface area contributed by atoms with E-state index in [-0.39, 0.29) is 5.91 Å². The molecule has 0 aliphatic heterocycles. The molecular weight excluding hydrogens is 304 g/mol. The Morgan fingerprint density at radius 2 is 1.75 bits per heavy atom. The Morgan fingerprint density at radius 3 is 2.29 bits per heavy atom. The summed E-state index contributed by atoms with van der Waals surface area (Å²) in [6, 6.07) is 7.89. The fraction of sp³-hybridized carbons (Fsp3) is 0.526. The van der Waals surface area contributed by atoms with Gasteiger partial charge in [0.25, 0.3) is 0 Å². The maximum atomic E-state index is 12.5. The van der Waals surface area contributed by atoms with Gasteiger partial charge in [-0.3, -0.25) is 9.69 Å². The number of amides is 1. The molecule has 24 heavy (non-hydrogen) atoms. The quantitative estimate of drug-likeness (QED) is 0.843. The molecule has 2 heterocycles. The van der Waals surface area contributed by atoms with Crippen molar-refractivity contribution in [2.45, 2.75) is 51.7 Å². The van der Waals surface area contributed by atoms with Crippen molar-refractivity contribution >= 4 is 5.91 Å². The summed E-state index contributed by atoms with van der Waals surface area (Å²) in [6.45, 7) is 3.74. The summed E-state index contributed by atoms with van der Waals surface area (Å²) in [5.41, 5.74) is 0. The van der Waals surface area contributed by atoms with Gasteiger partial charge >= 0.3 is 0 Å². The molecule has 1 fully saturated rings. The Labute approximate surface area is 143 Å². The summed E-state index contributed by atoms with van der Waals surface area (Å²) in [5, 5.41) is 3.22. The molecule has 1 aliphatic carbocycles. The maximum absolute atomic E-state index is 12.5. The molecule has 130 valence electrons. The minimum absolute atomic E-state index is 0.0758. The third-order valence-electron chi connectivity index (χ3n) is 4.74. The van der Waals surface area contributed by atoms with E-state index in [2.05, 4.69) is 12.2 Å². The number of rotatable bonds is 7. The average Bonchev–Trinajstić information content (AvgIpc) is 3.23. The van der Waals surface area contributed by atoms with E-state index in [1.807, 2.05) is 29.2 Å². The van der Waals surface area contributed by atoms with Crippen LogP contribution in [0.15, 0.2) is 45.6 Å². The van der Waals surface area contributed by atoms with E-state index < -0.39 is 0 Å². The van der Waals surface area contributed by atoms with Crippen LogP contribution in [-0.4, -0.2) is 23.4 Å². The van der Waals surface area contributed by atoms with E-state index in [1.54, 1.807) is 12.5 Å². The van der Waals surface area contributed by atoms with Gasteiger partial charge in [0.2, 0.25) is 5.91 Å². The Kier molecular flexibility index (Phi) is 5.75. The van der Waals surface area contributed by atoms with Crippen molar-refractivity contribution in [3.63, 3.8) is 0 Å². The van der Waals surface area contributed by atoms with Gasteiger partial charge in [-0.2, -0.15) is 0 Å². The lowest BCUT2D eigenvalue weighted by atomic mass is 9.86. The zero-order valence-electron chi connectivity index (χ0n) is 14.2. The first kappa shape index (κ1) is 16.8. The third kappa shape index (κ3) is 4.74. The molecule has 1 amide bonds. The lowest BCUT2D eigenvalue weighted by Crippen LogP contribution is -2.45. The van der Waals surface area contributed by atoms with Crippen LogP contribution in [0.4, 0.5) is 0 Å². The van der Waals surface area contributed by atoms with E-state index in [4.69, 9.17) is 8.83 Å². The highest BCUT2D eigenvalue weighted by atomic mass is 16.3. The van der Waals surface area contributed by atoms with Crippen molar-refractivity contribution in [3.05, 3.63) is 48.3 Å². The Bertz CT molecular complexity index is 570. The van der Waals surface area contributed by atoms with Crippen molar-refractivity contribution in [1.82, 2.24) is 10.2 Å². The van der Waals surface area contributed by atoms with Crippen LogP contribution in [0.2, 0.25) is 0 Å². The second-order valence-corrected chi connectivity index (χ2v) is 6.74. The summed E-state index contributed by atoms with van der Waals surface area (Å²) in [5.74, 6) is 2.33. The van der Waals surface area contributed by atoms with Crippen LogP contribution in [0.3, 0.4) is 0 Å². The first-order valence-electron chi connectivity index (χ1n) is 8.77. The number of hydrogen-bond donors (Lipinski definition) is 1. The van der Waals surface area contributed by atoms with Crippen LogP contribution in [0.1, 0.15) is 44.1 Å². The molecule has 3 rings (SSSR count). The minimum Gasteiger partial charge on any atom is -0.468 e. The lowest BCUT2D eigenvalue weighted by Gasteiger charge is -2.30. The fourth-order valence-corrected chi connectivity index (χ4v) is 3.40. The number of nitrogens with one attached hydrogen (secondary N) is 1. The normalized spacial score (nSPS) is 21.1. The van der Waals surface area contributed by atoms with Gasteiger partial charge in [0.15, 0.2) is 0 Å². The SMILES string of the molecule is C[C@H]1CCCC[C@@H]1NC(=O)CN(Cc1ccco1)Cc1ccco1. The summed E-state index contributed by atoms with van der Waals surface area (Å²) in [4.78, 5) is 14.6. The second kappa shape index (κ2) is 8.20. The van der Waals surface area contributed by atoms with Gasteiger partial charge in [-0.15, -0.1) is 0 Å². The maximum Gasteiger partial charge on any atom is 0.234 e. The number of furan rings is 2. The monoisotopic (exact) mass is 330 g/mol. The van der Waals surface area contributed by atoms with Gasteiger partial charge in [-0.25, -0.2) is 0 Å². The zero-order valence-corrected chi connectivity index (χ0v) is 14.2. The van der Waals surface area contributed by atoms with Crippen LogP contribution < -0.4 is 5.32 Å². The average molecular weight is 330 g/mol. The summed E-state index contributed by atoms with van der Waals surface area (Å²) < 4.78 is 10.9. The predicted octanol–water partition coefficient (Wildman–Crippen LogP) is 3.57. The van der Waals surface area contributed by atoms with Gasteiger partial charge < -0.3 is 14.2 Å². The number of hydrogen-bond acceptors (Lipinski definition) is 4. The molecule has 0 unspecified atom stereocenters. The first-order chi connectivity index (χ1) is 11.7. The molecule has 1 saturated carbocycles. The number of nitrogens with zero attached hydrogens (tertiary/aromatic N) is 1. The van der Waals surface area contributed by atoms with E-state index >= 15 is 0 Å². The summed E-state index contributed by atoms with van der Waals surface area (Å²) >= 11 is 0. The third-order valence-corrected chi connectivity index (χ3v) is 4.74. The molecule has 1 N–H and O–H groups in total. The molecule has 0 aromatic carbocycles. The van der Waals surface area contributed by atoms with E-state index in [0.29, 0.717) is 31.6 Å². The van der Waals surface area contributed by atoms with Crippen LogP contribution in [-0.2, 0) is 17.9 Å². The van der Waals surface area contributed by atoms with Crippen molar-refractivity contribution in [1.29, 1.82) is 0 Å². The predicted molar refractivity (Wildman–Crippen MR) is 91.1 cm³/mol. The van der Waals surface area contributed by atoms with Crippen molar-refractivity contribution in [2.75, 3.05) is 6.54 Å². The molecule has 2 atom stereocenters. The number of carbonyl (C=O) groups is 1. The van der Waals surface area contributed by atoms with E-state index in [9.17, 15) is 4.79 Å². The van der Waals surface area contributed by atoms with E-state index in [0.717, 1.165) is 17.9 Å². The fourth-order valence-electron chi connectivity index (χ4n) is 3.40. The van der Waals surface area contributed by atoms with Gasteiger partial charge in [-0.1, -0.05) is 19.8 Å². The highest BCUT2D eigenvalue weighted by molar-refractivity contribution is 5.78. The standard InChI is InChI=1S/C19H26N2O3/c1-15-6-2-3-9-18(15)20-19(22)14-21(12-16-7-4-10-23-16)13-17-8-5-11-24-17/h4-5,7-8,10-11,15,18H,2-3,6,9,12-14H2,1H3,(H,20,22)/t15-,18-/m0/s1. The van der Waals surface area contributed by atoms with Crippen LogP contribution in [0, 0.1) is 5.92 Å². The molecular formula is C19H26N2O3. The smallest absolute Gasteiger partial charge is 0.234 e. The number of carbonyl (C=O) groups excluding carboxylic acids is 1. The van der Waals surface area contributed by atoms with Gasteiger partial charge in [0.05, 0.1) is 32.2 Å². The van der Waals surface area contributed by atoms with Crippen molar-refractivity contribution < 1.29 is 13.6 Å². The van der Waals surface area contributed by atoms with Crippen LogP contribution in [0.25, 0.3) is 0 Å². The Balaban J connectivity index is 1.58. The summed E-state index contributed by atoms with van der Waals surface area (Å²) in [6.07, 6.45) is 8.08. The molecule has 0 bridgehead atoms. The van der Waals surface area contributed by atoms with Crippen molar-refractivity contribution in [2.24, 2.45) is 5.92 Å². The molecule has 5 nitrogen and oxygen atoms in total. The summed E-state index contributed by atoms with van der Waals surface area (Å²) in [7, 11) is 0. The molecule has 0 radical (unpaired) electrons. The molecule has 5 heteroatoms. The van der Waals surface area contributed by atoms with Crippen molar-refractivity contribution in [3.8, 4) is 0 Å². The highest BCUT2D eigenvalue weighted by Crippen LogP contribution is 2.23. The topological polar surface area (TPSA) is 58.6 Å². The van der Waals surface area contributed by atoms with Crippen LogP contribution in [0.5, 0.6) is 0 Å². The Morgan fingerprint density at radius 1 is 1.12 bits per heavy atom. The Hall–Kier alpha value is -2.01. The molecule has 1 aliphatic rings. The van der Waals surface area contributed by atoms with Gasteiger partial charge in [0.1, 0.15) is 11.5 Å². The molecule has 0 spiro atoms. The molecule has 2 aromatic rings. The van der Waals surface area contributed by atoms with E-state index in [1.165, 1.54) is 19.3 Å². The molecule has 2 aromatic heterocycles. The van der Waals surface area contributed by atoms with Gasteiger partial charge in [-0.05, 0) is 43.0 Å². The zero-order chi connectivity index (χ0) is 16.8. The van der Waals surface area contributed by atoms with Gasteiger partial charge in [0, 0.05) is 6.04 Å². The largest absolute Gasteiger partial charge is 0.468 e. The highest BCUT2D eigenvalue weighted by Gasteiger charge is 2.24. The van der Waals surface area contributed by atoms with Crippen LogP contribution >= 0.6 is 0 Å². The first-order valence-corrected chi connectivity index (χ1v) is 8.77. The second-order valence-electron chi connectivity index (χ2n) is 6.74.